The molecule has 1 atom stereocenters. The molecule has 1 aromatic heterocycles. The van der Waals surface area contributed by atoms with Crippen molar-refractivity contribution >= 4 is 16.8 Å². The van der Waals surface area contributed by atoms with Gasteiger partial charge in [-0.1, -0.05) is 18.2 Å². The maximum absolute atomic E-state index is 12.9. The minimum absolute atomic E-state index is 0.00164. The zero-order valence-electron chi connectivity index (χ0n) is 17.7. The predicted octanol–water partition coefficient (Wildman–Crippen LogP) is 3.89. The number of hydrogen-bond acceptors (Lipinski definition) is 4. The molecular weight excluding hydrogens is 380 g/mol. The third-order valence-corrected chi connectivity index (χ3v) is 5.76. The number of hydrogen-bond donors (Lipinski definition) is 1. The summed E-state index contributed by atoms with van der Waals surface area (Å²) < 4.78 is 16.5. The Morgan fingerprint density at radius 2 is 2.03 bits per heavy atom. The minimum atomic E-state index is -0.0966. The van der Waals surface area contributed by atoms with Crippen LogP contribution in [-0.2, 0) is 22.4 Å². The average Bonchev–Trinajstić information content (AvgIpc) is 3.17. The molecular formula is C24H28N2O4. The Morgan fingerprint density at radius 1 is 1.20 bits per heavy atom. The van der Waals surface area contributed by atoms with Gasteiger partial charge in [0.05, 0.1) is 19.8 Å². The number of amides is 1. The van der Waals surface area contributed by atoms with Gasteiger partial charge in [-0.25, -0.2) is 0 Å². The van der Waals surface area contributed by atoms with E-state index in [1.165, 1.54) is 16.5 Å². The molecule has 0 aliphatic carbocycles. The summed E-state index contributed by atoms with van der Waals surface area (Å²) in [6.07, 6.45) is 3.53. The second-order valence-electron chi connectivity index (χ2n) is 7.48. The molecule has 0 saturated heterocycles. The average molecular weight is 408 g/mol. The van der Waals surface area contributed by atoms with Crippen LogP contribution >= 0.6 is 0 Å². The maximum Gasteiger partial charge on any atom is 0.249 e. The molecule has 6 nitrogen and oxygen atoms in total. The molecule has 0 spiro atoms. The molecule has 0 radical (unpaired) electrons. The number of aromatic amines is 1. The first-order valence-corrected chi connectivity index (χ1v) is 10.3. The van der Waals surface area contributed by atoms with Crippen molar-refractivity contribution in [3.63, 3.8) is 0 Å². The first kappa shape index (κ1) is 20.3. The third-order valence-electron chi connectivity index (χ3n) is 5.76. The van der Waals surface area contributed by atoms with Crippen LogP contribution in [0.15, 0.2) is 42.6 Å². The van der Waals surface area contributed by atoms with E-state index in [-0.39, 0.29) is 18.6 Å². The van der Waals surface area contributed by atoms with Gasteiger partial charge in [-0.2, -0.15) is 0 Å². The molecule has 0 bridgehead atoms. The normalized spacial score (nSPS) is 15.8. The number of carbonyl (C=O) groups is 1. The number of rotatable bonds is 7. The van der Waals surface area contributed by atoms with Crippen LogP contribution in [0, 0.1) is 0 Å². The molecule has 1 amide bonds. The number of ether oxygens (including phenoxy) is 3. The maximum atomic E-state index is 12.9. The van der Waals surface area contributed by atoms with Gasteiger partial charge >= 0.3 is 0 Å². The van der Waals surface area contributed by atoms with Crippen molar-refractivity contribution in [2.45, 2.75) is 25.8 Å². The molecule has 1 aliphatic rings. The van der Waals surface area contributed by atoms with Gasteiger partial charge in [-0.3, -0.25) is 4.79 Å². The van der Waals surface area contributed by atoms with Crippen molar-refractivity contribution < 1.29 is 19.0 Å². The summed E-state index contributed by atoms with van der Waals surface area (Å²) in [5.74, 6) is 1.45. The van der Waals surface area contributed by atoms with Gasteiger partial charge < -0.3 is 24.1 Å². The first-order chi connectivity index (χ1) is 14.7. The van der Waals surface area contributed by atoms with Crippen LogP contribution in [0.2, 0.25) is 0 Å². The molecule has 0 unspecified atom stereocenters. The number of benzene rings is 2. The summed E-state index contributed by atoms with van der Waals surface area (Å²) >= 11 is 0. The molecule has 0 fully saturated rings. The highest BCUT2D eigenvalue weighted by atomic mass is 16.5. The summed E-state index contributed by atoms with van der Waals surface area (Å²) in [4.78, 5) is 18.2. The predicted molar refractivity (Wildman–Crippen MR) is 116 cm³/mol. The van der Waals surface area contributed by atoms with Gasteiger partial charge in [0.1, 0.15) is 6.61 Å². The number of aromatic nitrogens is 1. The van der Waals surface area contributed by atoms with Crippen molar-refractivity contribution in [1.29, 1.82) is 0 Å². The van der Waals surface area contributed by atoms with Crippen molar-refractivity contribution in [1.82, 2.24) is 9.88 Å². The Bertz CT molecular complexity index is 1040. The van der Waals surface area contributed by atoms with E-state index < -0.39 is 0 Å². The fourth-order valence-corrected chi connectivity index (χ4v) is 4.37. The van der Waals surface area contributed by atoms with Crippen molar-refractivity contribution in [2.75, 3.05) is 34.0 Å². The van der Waals surface area contributed by atoms with Crippen molar-refractivity contribution in [3.05, 3.63) is 59.3 Å². The fourth-order valence-electron chi connectivity index (χ4n) is 4.37. The molecule has 2 aromatic carbocycles. The molecule has 1 aliphatic heterocycles. The number of carbonyl (C=O) groups excluding carboxylic acids is 1. The van der Waals surface area contributed by atoms with Gasteiger partial charge in [-0.15, -0.1) is 0 Å². The van der Waals surface area contributed by atoms with Crippen LogP contribution in [0.1, 0.15) is 29.7 Å². The summed E-state index contributed by atoms with van der Waals surface area (Å²) in [5.41, 5.74) is 4.59. The molecule has 1 N–H and O–H groups in total. The van der Waals surface area contributed by atoms with Gasteiger partial charge in [0, 0.05) is 30.8 Å². The first-order valence-electron chi connectivity index (χ1n) is 10.3. The van der Waals surface area contributed by atoms with E-state index >= 15 is 0 Å². The number of H-pyrrole nitrogens is 1. The van der Waals surface area contributed by atoms with Gasteiger partial charge in [0.15, 0.2) is 11.5 Å². The van der Waals surface area contributed by atoms with Crippen LogP contribution in [0.3, 0.4) is 0 Å². The second-order valence-corrected chi connectivity index (χ2v) is 7.48. The quantitative estimate of drug-likeness (QED) is 0.644. The topological polar surface area (TPSA) is 63.8 Å². The van der Waals surface area contributed by atoms with Crippen LogP contribution < -0.4 is 9.47 Å². The molecule has 0 saturated carbocycles. The summed E-state index contributed by atoms with van der Waals surface area (Å²) in [7, 11) is 3.22. The largest absolute Gasteiger partial charge is 0.493 e. The molecule has 4 rings (SSSR count). The SMILES string of the molecule is CCOc1cc2c(cc1OC)CCN(C(=O)COC)[C@H]2Cc1c[nH]c2ccccc12. The number of para-hydroxylation sites is 1. The van der Waals surface area contributed by atoms with E-state index in [1.54, 1.807) is 14.2 Å². The highest BCUT2D eigenvalue weighted by Gasteiger charge is 2.32. The third kappa shape index (κ3) is 3.75. The zero-order valence-corrected chi connectivity index (χ0v) is 17.7. The van der Waals surface area contributed by atoms with E-state index in [4.69, 9.17) is 14.2 Å². The van der Waals surface area contributed by atoms with Crippen molar-refractivity contribution in [3.8, 4) is 11.5 Å². The summed E-state index contributed by atoms with van der Waals surface area (Å²) in [5, 5.41) is 1.18. The van der Waals surface area contributed by atoms with Crippen molar-refractivity contribution in [2.24, 2.45) is 0 Å². The second kappa shape index (κ2) is 8.79. The van der Waals surface area contributed by atoms with Gasteiger partial charge in [0.2, 0.25) is 5.91 Å². The van der Waals surface area contributed by atoms with Crippen LogP contribution in [0.25, 0.3) is 10.9 Å². The standard InChI is InChI=1S/C24H28N2O4/c1-4-30-23-13-19-16(12-22(23)29-3)9-10-26(24(27)15-28-2)21(19)11-17-14-25-20-8-6-5-7-18(17)20/h5-8,12-14,21,25H,4,9-11,15H2,1-3H3/t21-/m0/s1. The number of fused-ring (bicyclic) bond motifs is 2. The lowest BCUT2D eigenvalue weighted by Crippen LogP contribution is -2.42. The van der Waals surface area contributed by atoms with Crippen LogP contribution in [0.4, 0.5) is 0 Å². The van der Waals surface area contributed by atoms with E-state index in [2.05, 4.69) is 23.2 Å². The Labute approximate surface area is 176 Å². The minimum Gasteiger partial charge on any atom is -0.493 e. The molecule has 3 aromatic rings. The molecule has 158 valence electrons. The number of nitrogens with one attached hydrogen (secondary N) is 1. The molecule has 30 heavy (non-hydrogen) atoms. The molecule has 2 heterocycles. The Morgan fingerprint density at radius 3 is 2.80 bits per heavy atom. The smallest absolute Gasteiger partial charge is 0.249 e. The highest BCUT2D eigenvalue weighted by Crippen LogP contribution is 2.40. The van der Waals surface area contributed by atoms with Gasteiger partial charge in [0.25, 0.3) is 0 Å². The van der Waals surface area contributed by atoms with Crippen LogP contribution in [-0.4, -0.2) is 49.8 Å². The Kier molecular flexibility index (Phi) is 5.95. The Hall–Kier alpha value is -2.99. The van der Waals surface area contributed by atoms with Gasteiger partial charge in [-0.05, 0) is 54.7 Å². The lowest BCUT2D eigenvalue weighted by Gasteiger charge is -2.38. The summed E-state index contributed by atoms with van der Waals surface area (Å²) in [6, 6.07) is 12.3. The molecule has 6 heteroatoms. The van der Waals surface area contributed by atoms with E-state index in [9.17, 15) is 4.79 Å². The summed E-state index contributed by atoms with van der Waals surface area (Å²) in [6.45, 7) is 3.23. The lowest BCUT2D eigenvalue weighted by atomic mass is 9.88. The lowest BCUT2D eigenvalue weighted by molar-refractivity contribution is -0.138. The fraction of sp³-hybridized carbons (Fsp3) is 0.375. The number of methoxy groups -OCH3 is 2. The Balaban J connectivity index is 1.78. The zero-order chi connectivity index (χ0) is 21.1. The van der Waals surface area contributed by atoms with Crippen LogP contribution in [0.5, 0.6) is 11.5 Å². The highest BCUT2D eigenvalue weighted by molar-refractivity contribution is 5.83. The van der Waals surface area contributed by atoms with E-state index in [1.807, 2.05) is 36.2 Å². The van der Waals surface area contributed by atoms with E-state index in [0.29, 0.717) is 25.3 Å². The monoisotopic (exact) mass is 408 g/mol. The van der Waals surface area contributed by atoms with E-state index in [0.717, 1.165) is 23.3 Å². The number of nitrogens with zero attached hydrogens (tertiary/aromatic N) is 1.